The van der Waals surface area contributed by atoms with Crippen LogP contribution in [0.15, 0.2) is 65.4 Å². The third kappa shape index (κ3) is 5.18. The Balaban J connectivity index is 1.64. The van der Waals surface area contributed by atoms with E-state index in [1.807, 2.05) is 65.4 Å². The van der Waals surface area contributed by atoms with Crippen LogP contribution in [0.2, 0.25) is 0 Å². The molecule has 156 valence electrons. The maximum Gasteiger partial charge on any atom is 0.248 e. The zero-order valence-corrected chi connectivity index (χ0v) is 18.5. The van der Waals surface area contributed by atoms with Crippen LogP contribution in [0.1, 0.15) is 47.0 Å². The quantitative estimate of drug-likeness (QED) is 0.527. The zero-order chi connectivity index (χ0) is 20.8. The van der Waals surface area contributed by atoms with Gasteiger partial charge in [-0.2, -0.15) is 0 Å². The van der Waals surface area contributed by atoms with Crippen LogP contribution < -0.4 is 5.32 Å². The highest BCUT2D eigenvalue weighted by Crippen LogP contribution is 2.29. The predicted octanol–water partition coefficient (Wildman–Crippen LogP) is 5.18. The van der Waals surface area contributed by atoms with Crippen LogP contribution in [0.4, 0.5) is 0 Å². The van der Waals surface area contributed by atoms with Crippen molar-refractivity contribution in [3.63, 3.8) is 0 Å². The molecule has 0 aliphatic heterocycles. The number of carbonyl (C=O) groups is 2. The number of benzene rings is 1. The summed E-state index contributed by atoms with van der Waals surface area (Å²) in [5, 5.41) is 7.17. The molecule has 1 fully saturated rings. The van der Waals surface area contributed by atoms with Gasteiger partial charge in [0.25, 0.3) is 0 Å². The first-order valence-corrected chi connectivity index (χ1v) is 12.2. The lowest BCUT2D eigenvalue weighted by atomic mass is 10.1. The van der Waals surface area contributed by atoms with Crippen LogP contribution in [0.25, 0.3) is 0 Å². The third-order valence-electron chi connectivity index (χ3n) is 5.50. The molecular weight excluding hydrogens is 412 g/mol. The van der Waals surface area contributed by atoms with Gasteiger partial charge in [0.2, 0.25) is 11.8 Å². The Morgan fingerprint density at radius 3 is 2.37 bits per heavy atom. The molecule has 1 aliphatic carbocycles. The van der Waals surface area contributed by atoms with Crippen molar-refractivity contribution in [2.24, 2.45) is 0 Å². The highest BCUT2D eigenvalue weighted by Gasteiger charge is 2.33. The van der Waals surface area contributed by atoms with Gasteiger partial charge in [0, 0.05) is 22.3 Å². The van der Waals surface area contributed by atoms with E-state index in [2.05, 4.69) is 5.32 Å². The molecule has 2 heterocycles. The Bertz CT molecular complexity index is 933. The Morgan fingerprint density at radius 1 is 0.967 bits per heavy atom. The van der Waals surface area contributed by atoms with Crippen molar-refractivity contribution >= 4 is 34.5 Å². The molecular formula is C24H26N2O2S2. The van der Waals surface area contributed by atoms with E-state index in [4.69, 9.17) is 0 Å². The number of hydrogen-bond donors (Lipinski definition) is 1. The summed E-state index contributed by atoms with van der Waals surface area (Å²) < 4.78 is 0. The van der Waals surface area contributed by atoms with E-state index >= 15 is 0 Å². The molecule has 6 heteroatoms. The Hall–Kier alpha value is -2.44. The summed E-state index contributed by atoms with van der Waals surface area (Å²) in [5.74, 6) is -0.0962. The van der Waals surface area contributed by atoms with Crippen molar-refractivity contribution in [2.75, 3.05) is 0 Å². The first kappa shape index (κ1) is 20.8. The number of rotatable bonds is 8. The molecule has 1 N–H and O–H groups in total. The van der Waals surface area contributed by atoms with Crippen LogP contribution in [0.3, 0.4) is 0 Å². The van der Waals surface area contributed by atoms with E-state index < -0.39 is 6.04 Å². The van der Waals surface area contributed by atoms with Crippen molar-refractivity contribution in [3.8, 4) is 0 Å². The molecule has 4 nitrogen and oxygen atoms in total. The third-order valence-corrected chi connectivity index (χ3v) is 7.30. The highest BCUT2D eigenvalue weighted by atomic mass is 32.1. The maximum atomic E-state index is 13.5. The number of hydrogen-bond acceptors (Lipinski definition) is 4. The molecule has 0 bridgehead atoms. The summed E-state index contributed by atoms with van der Waals surface area (Å²) in [5.41, 5.74) is 1.02. The number of thiophene rings is 2. The van der Waals surface area contributed by atoms with Crippen LogP contribution in [-0.4, -0.2) is 22.8 Å². The first-order valence-electron chi connectivity index (χ1n) is 10.4. The molecule has 1 aromatic carbocycles. The van der Waals surface area contributed by atoms with Crippen molar-refractivity contribution < 1.29 is 9.59 Å². The van der Waals surface area contributed by atoms with E-state index in [0.29, 0.717) is 13.0 Å². The van der Waals surface area contributed by atoms with E-state index in [1.165, 1.54) is 11.3 Å². The Kier molecular flexibility index (Phi) is 6.97. The Morgan fingerprint density at radius 2 is 1.70 bits per heavy atom. The summed E-state index contributed by atoms with van der Waals surface area (Å²) in [7, 11) is 0. The maximum absolute atomic E-state index is 13.5. The van der Waals surface area contributed by atoms with Crippen molar-refractivity contribution in [1.29, 1.82) is 0 Å². The van der Waals surface area contributed by atoms with Crippen molar-refractivity contribution in [1.82, 2.24) is 10.2 Å². The fourth-order valence-corrected chi connectivity index (χ4v) is 5.52. The Labute approximate surface area is 185 Å². The van der Waals surface area contributed by atoms with E-state index in [9.17, 15) is 9.59 Å². The molecule has 3 aromatic rings. The van der Waals surface area contributed by atoms with Gasteiger partial charge in [-0.1, -0.05) is 55.3 Å². The second kappa shape index (κ2) is 10.0. The summed E-state index contributed by atoms with van der Waals surface area (Å²) in [6, 6.07) is 17.3. The molecule has 0 radical (unpaired) electrons. The monoisotopic (exact) mass is 438 g/mol. The highest BCUT2D eigenvalue weighted by molar-refractivity contribution is 7.10. The molecule has 1 saturated carbocycles. The summed E-state index contributed by atoms with van der Waals surface area (Å²) in [4.78, 5) is 30.6. The first-order chi connectivity index (χ1) is 14.7. The van der Waals surface area contributed by atoms with Gasteiger partial charge in [-0.15, -0.1) is 22.7 Å². The van der Waals surface area contributed by atoms with Crippen LogP contribution in [0.5, 0.6) is 0 Å². The topological polar surface area (TPSA) is 49.4 Å². The van der Waals surface area contributed by atoms with Gasteiger partial charge in [0.05, 0.1) is 6.42 Å². The van der Waals surface area contributed by atoms with Gasteiger partial charge in [-0.25, -0.2) is 0 Å². The van der Waals surface area contributed by atoms with E-state index in [1.54, 1.807) is 16.2 Å². The van der Waals surface area contributed by atoms with E-state index in [-0.39, 0.29) is 17.9 Å². The van der Waals surface area contributed by atoms with Gasteiger partial charge in [-0.3, -0.25) is 9.59 Å². The number of carbonyl (C=O) groups excluding carboxylic acids is 2. The summed E-state index contributed by atoms with van der Waals surface area (Å²) >= 11 is 3.10. The SMILES string of the molecule is O=C(NC1CCCC1)[C@H](c1cccs1)N(Cc1ccccc1)C(=O)Cc1cccs1. The van der Waals surface area contributed by atoms with Gasteiger partial charge in [0.15, 0.2) is 0 Å². The number of amides is 2. The van der Waals surface area contributed by atoms with Gasteiger partial charge < -0.3 is 10.2 Å². The largest absolute Gasteiger partial charge is 0.351 e. The lowest BCUT2D eigenvalue weighted by Crippen LogP contribution is -2.46. The molecule has 0 unspecified atom stereocenters. The molecule has 30 heavy (non-hydrogen) atoms. The van der Waals surface area contributed by atoms with Crippen molar-refractivity contribution in [2.45, 2.75) is 50.7 Å². The molecule has 0 spiro atoms. The molecule has 4 rings (SSSR count). The zero-order valence-electron chi connectivity index (χ0n) is 16.8. The lowest BCUT2D eigenvalue weighted by molar-refractivity contribution is -0.141. The van der Waals surface area contributed by atoms with Crippen LogP contribution >= 0.6 is 22.7 Å². The van der Waals surface area contributed by atoms with Crippen LogP contribution in [-0.2, 0) is 22.6 Å². The molecule has 1 atom stereocenters. The average molecular weight is 439 g/mol. The normalized spacial score (nSPS) is 15.1. The molecule has 1 aliphatic rings. The molecule has 2 aromatic heterocycles. The number of nitrogens with zero attached hydrogens (tertiary/aromatic N) is 1. The lowest BCUT2D eigenvalue weighted by Gasteiger charge is -2.31. The smallest absolute Gasteiger partial charge is 0.248 e. The van der Waals surface area contributed by atoms with Crippen molar-refractivity contribution in [3.05, 3.63) is 80.7 Å². The average Bonchev–Trinajstić information content (AvgIpc) is 3.52. The molecule has 2 amide bonds. The van der Waals surface area contributed by atoms with Gasteiger partial charge in [-0.05, 0) is 41.3 Å². The predicted molar refractivity (Wildman–Crippen MR) is 122 cm³/mol. The fraction of sp³-hybridized carbons (Fsp3) is 0.333. The minimum absolute atomic E-state index is 0.0266. The fourth-order valence-electron chi connectivity index (χ4n) is 3.99. The number of nitrogens with one attached hydrogen (secondary N) is 1. The van der Waals surface area contributed by atoms with E-state index in [0.717, 1.165) is 41.0 Å². The second-order valence-electron chi connectivity index (χ2n) is 7.67. The van der Waals surface area contributed by atoms with Gasteiger partial charge in [0.1, 0.15) is 6.04 Å². The summed E-state index contributed by atoms with van der Waals surface area (Å²) in [6.07, 6.45) is 4.65. The molecule has 0 saturated heterocycles. The van der Waals surface area contributed by atoms with Gasteiger partial charge >= 0.3 is 0 Å². The minimum atomic E-state index is -0.613. The second-order valence-corrected chi connectivity index (χ2v) is 9.68. The minimum Gasteiger partial charge on any atom is -0.351 e. The van der Waals surface area contributed by atoms with Crippen LogP contribution in [0, 0.1) is 0 Å². The standard InChI is InChI=1S/C24H26N2O2S2/c27-22(16-20-12-6-14-29-20)26(17-18-8-2-1-3-9-18)23(21-13-7-15-30-21)24(28)25-19-10-4-5-11-19/h1-3,6-9,12-15,19,23H,4-5,10-11,16-17H2,(H,25,28)/t23-/m0/s1. The summed E-state index contributed by atoms with van der Waals surface area (Å²) in [6.45, 7) is 0.408.